The van der Waals surface area contributed by atoms with Gasteiger partial charge >= 0.3 is 5.97 Å². The zero-order chi connectivity index (χ0) is 12.1. The number of hydrogen-bond donors (Lipinski definition) is 2. The van der Waals surface area contributed by atoms with Gasteiger partial charge in [0.25, 0.3) is 0 Å². The van der Waals surface area contributed by atoms with Gasteiger partial charge in [-0.25, -0.2) is 8.78 Å². The molecule has 1 atom stereocenters. The van der Waals surface area contributed by atoms with E-state index in [0.29, 0.717) is 12.0 Å². The highest BCUT2D eigenvalue weighted by atomic mass is 19.1. The fraction of sp³-hybridized carbons (Fsp3) is 0.364. The molecule has 16 heavy (non-hydrogen) atoms. The Morgan fingerprint density at radius 2 is 1.94 bits per heavy atom. The molecule has 0 saturated heterocycles. The molecule has 1 aromatic rings. The number of aliphatic carboxylic acids is 1. The molecule has 0 aromatic heterocycles. The summed E-state index contributed by atoms with van der Waals surface area (Å²) in [6.45, 7) is 0. The van der Waals surface area contributed by atoms with Gasteiger partial charge in [0, 0.05) is 6.07 Å². The van der Waals surface area contributed by atoms with E-state index in [1.807, 2.05) is 0 Å². The first-order chi connectivity index (χ1) is 7.52. The van der Waals surface area contributed by atoms with Gasteiger partial charge in [-0.1, -0.05) is 0 Å². The minimum absolute atomic E-state index is 0.286. The number of nitrogens with one attached hydrogen (secondary N) is 1. The fourth-order valence-electron chi connectivity index (χ4n) is 1.46. The van der Waals surface area contributed by atoms with Crippen LogP contribution < -0.4 is 5.32 Å². The topological polar surface area (TPSA) is 49.3 Å². The minimum atomic E-state index is -0.973. The van der Waals surface area contributed by atoms with E-state index in [1.165, 1.54) is 19.2 Å². The first kappa shape index (κ1) is 12.6. The Morgan fingerprint density at radius 3 is 2.38 bits per heavy atom. The van der Waals surface area contributed by atoms with Crippen molar-refractivity contribution in [2.75, 3.05) is 7.05 Å². The van der Waals surface area contributed by atoms with Crippen LogP contribution in [0.1, 0.15) is 12.0 Å². The second-order valence-corrected chi connectivity index (χ2v) is 3.50. The number of hydrogen-bond acceptors (Lipinski definition) is 2. The molecule has 0 amide bonds. The normalized spacial score (nSPS) is 12.4. The van der Waals surface area contributed by atoms with Crippen molar-refractivity contribution in [2.24, 2.45) is 0 Å². The van der Waals surface area contributed by atoms with Gasteiger partial charge < -0.3 is 10.4 Å². The third-order valence-corrected chi connectivity index (χ3v) is 2.29. The third kappa shape index (κ3) is 3.58. The first-order valence-electron chi connectivity index (χ1n) is 4.88. The molecule has 0 heterocycles. The molecule has 3 nitrogen and oxygen atoms in total. The van der Waals surface area contributed by atoms with E-state index in [4.69, 9.17) is 5.11 Å². The Bertz CT molecular complexity index is 362. The molecule has 0 fully saturated rings. The van der Waals surface area contributed by atoms with Gasteiger partial charge in [-0.2, -0.15) is 0 Å². The van der Waals surface area contributed by atoms with Crippen molar-refractivity contribution in [3.8, 4) is 0 Å². The summed E-state index contributed by atoms with van der Waals surface area (Å²) in [5.41, 5.74) is 0.457. The Labute approximate surface area is 92.1 Å². The molecule has 5 heteroatoms. The predicted molar refractivity (Wildman–Crippen MR) is 55.2 cm³/mol. The van der Waals surface area contributed by atoms with Crippen LogP contribution in [0.4, 0.5) is 8.78 Å². The van der Waals surface area contributed by atoms with E-state index in [9.17, 15) is 13.6 Å². The van der Waals surface area contributed by atoms with Gasteiger partial charge in [0.15, 0.2) is 0 Å². The smallest absolute Gasteiger partial charge is 0.320 e. The third-order valence-electron chi connectivity index (χ3n) is 2.29. The lowest BCUT2D eigenvalue weighted by Gasteiger charge is -2.10. The van der Waals surface area contributed by atoms with Gasteiger partial charge in [-0.3, -0.25) is 4.79 Å². The molecule has 0 spiro atoms. The first-order valence-corrected chi connectivity index (χ1v) is 4.88. The van der Waals surface area contributed by atoms with Crippen LogP contribution in [0.2, 0.25) is 0 Å². The van der Waals surface area contributed by atoms with Crippen molar-refractivity contribution < 1.29 is 18.7 Å². The van der Waals surface area contributed by atoms with Crippen LogP contribution in [0, 0.1) is 11.6 Å². The Morgan fingerprint density at radius 1 is 1.38 bits per heavy atom. The van der Waals surface area contributed by atoms with Gasteiger partial charge in [-0.05, 0) is 37.6 Å². The number of rotatable bonds is 5. The second kappa shape index (κ2) is 5.55. The van der Waals surface area contributed by atoms with Crippen LogP contribution in [0.5, 0.6) is 0 Å². The molecule has 1 rings (SSSR count). The second-order valence-electron chi connectivity index (χ2n) is 3.50. The monoisotopic (exact) mass is 229 g/mol. The summed E-state index contributed by atoms with van der Waals surface area (Å²) in [6.07, 6.45) is 0.598. The summed E-state index contributed by atoms with van der Waals surface area (Å²) in [4.78, 5) is 10.7. The molecular weight excluding hydrogens is 216 g/mol. The summed E-state index contributed by atoms with van der Waals surface area (Å²) in [5.74, 6) is -2.27. The van der Waals surface area contributed by atoms with Crippen LogP contribution in [0.3, 0.4) is 0 Å². The summed E-state index contributed by atoms with van der Waals surface area (Å²) >= 11 is 0. The summed E-state index contributed by atoms with van der Waals surface area (Å²) in [6, 6.07) is 2.50. The standard InChI is InChI=1S/C11H13F2NO2/c1-14-10(11(15)16)3-2-7-4-8(12)6-9(13)5-7/h4-6,10,14H,2-3H2,1H3,(H,15,16)/t10-/m0/s1. The SMILES string of the molecule is CN[C@@H](CCc1cc(F)cc(F)c1)C(=O)O. The fourth-order valence-corrected chi connectivity index (χ4v) is 1.46. The lowest BCUT2D eigenvalue weighted by Crippen LogP contribution is -2.34. The predicted octanol–water partition coefficient (Wildman–Crippen LogP) is 1.57. The molecule has 0 saturated carbocycles. The Kier molecular flexibility index (Phi) is 4.37. The Hall–Kier alpha value is -1.49. The average Bonchev–Trinajstić information content (AvgIpc) is 2.16. The van der Waals surface area contributed by atoms with E-state index in [0.717, 1.165) is 6.07 Å². The zero-order valence-corrected chi connectivity index (χ0v) is 8.84. The largest absolute Gasteiger partial charge is 0.480 e. The highest BCUT2D eigenvalue weighted by Gasteiger charge is 2.14. The molecule has 88 valence electrons. The summed E-state index contributed by atoms with van der Waals surface area (Å²) in [5, 5.41) is 11.4. The molecule has 0 unspecified atom stereocenters. The van der Waals surface area contributed by atoms with Crippen LogP contribution in [-0.2, 0) is 11.2 Å². The molecular formula is C11H13F2NO2. The molecule has 0 aliphatic heterocycles. The van der Waals surface area contributed by atoms with E-state index in [1.54, 1.807) is 0 Å². The molecule has 2 N–H and O–H groups in total. The number of benzene rings is 1. The highest BCUT2D eigenvalue weighted by Crippen LogP contribution is 2.11. The van der Waals surface area contributed by atoms with E-state index >= 15 is 0 Å². The zero-order valence-electron chi connectivity index (χ0n) is 8.84. The van der Waals surface area contributed by atoms with Crippen LogP contribution >= 0.6 is 0 Å². The molecule has 0 aliphatic rings. The number of carbonyl (C=O) groups is 1. The highest BCUT2D eigenvalue weighted by molar-refractivity contribution is 5.73. The van der Waals surface area contributed by atoms with E-state index < -0.39 is 23.6 Å². The minimum Gasteiger partial charge on any atom is -0.480 e. The Balaban J connectivity index is 2.63. The van der Waals surface area contributed by atoms with Gasteiger partial charge in [0.05, 0.1) is 0 Å². The van der Waals surface area contributed by atoms with Crippen LogP contribution in [-0.4, -0.2) is 24.2 Å². The number of carboxylic acid groups (broad SMARTS) is 1. The van der Waals surface area contributed by atoms with E-state index in [-0.39, 0.29) is 6.42 Å². The average molecular weight is 229 g/mol. The maximum Gasteiger partial charge on any atom is 0.320 e. The summed E-state index contributed by atoms with van der Waals surface area (Å²) < 4.78 is 25.6. The molecule has 0 bridgehead atoms. The number of carboxylic acids is 1. The van der Waals surface area contributed by atoms with Crippen molar-refractivity contribution >= 4 is 5.97 Å². The van der Waals surface area contributed by atoms with Crippen LogP contribution in [0.15, 0.2) is 18.2 Å². The quantitative estimate of drug-likeness (QED) is 0.805. The number of aryl methyl sites for hydroxylation is 1. The molecule has 0 radical (unpaired) electrons. The lowest BCUT2D eigenvalue weighted by molar-refractivity contribution is -0.139. The lowest BCUT2D eigenvalue weighted by atomic mass is 10.1. The van der Waals surface area contributed by atoms with E-state index in [2.05, 4.69) is 5.32 Å². The molecule has 1 aromatic carbocycles. The van der Waals surface area contributed by atoms with Crippen molar-refractivity contribution in [1.82, 2.24) is 5.32 Å². The van der Waals surface area contributed by atoms with Crippen molar-refractivity contribution in [2.45, 2.75) is 18.9 Å². The number of likely N-dealkylation sites (N-methyl/N-ethyl adjacent to an activating group) is 1. The molecule has 0 aliphatic carbocycles. The van der Waals surface area contributed by atoms with Crippen molar-refractivity contribution in [3.63, 3.8) is 0 Å². The van der Waals surface area contributed by atoms with Crippen molar-refractivity contribution in [1.29, 1.82) is 0 Å². The van der Waals surface area contributed by atoms with Gasteiger partial charge in [0.2, 0.25) is 0 Å². The summed E-state index contributed by atoms with van der Waals surface area (Å²) in [7, 11) is 1.53. The van der Waals surface area contributed by atoms with Gasteiger partial charge in [0.1, 0.15) is 17.7 Å². The van der Waals surface area contributed by atoms with Crippen molar-refractivity contribution in [3.05, 3.63) is 35.4 Å². The maximum atomic E-state index is 12.8. The maximum absolute atomic E-state index is 12.8. The van der Waals surface area contributed by atoms with Crippen LogP contribution in [0.25, 0.3) is 0 Å². The van der Waals surface area contributed by atoms with Gasteiger partial charge in [-0.15, -0.1) is 0 Å². The number of halogens is 2.